The standard InChI is InChI=1S/C30H36ClN3O6/c1-17-8-13-23-18(2)26(37-27-30(23)22(17)14-15-29(4,38-27)39-40-30)36-21-11-9-20(10-12-21)16-32-34-28(35)33-25-7-5-6-24(31)19(25)3/h5-7,9-12,16-18,22-23,26-27H,8,13-15H2,1-4H3,(H2,33,34,35)/b32-16+/t17-,18-,22+,23+,26+,27-,29?,30-/m1/s1. The van der Waals surface area contributed by atoms with E-state index in [0.717, 1.165) is 36.8 Å². The van der Waals surface area contributed by atoms with Crippen LogP contribution >= 0.6 is 11.6 Å². The number of nitrogens with one attached hydrogen (secondary N) is 2. The Balaban J connectivity index is 1.09. The lowest BCUT2D eigenvalue weighted by molar-refractivity contribution is -0.575. The van der Waals surface area contributed by atoms with Crippen molar-refractivity contribution in [2.24, 2.45) is 28.8 Å². The first-order chi connectivity index (χ1) is 19.2. The number of ether oxygens (including phenoxy) is 3. The van der Waals surface area contributed by atoms with Crippen LogP contribution in [0.1, 0.15) is 57.6 Å². The molecule has 1 aliphatic carbocycles. The summed E-state index contributed by atoms with van der Waals surface area (Å²) in [6.45, 7) is 8.23. The van der Waals surface area contributed by atoms with E-state index >= 15 is 0 Å². The predicted octanol–water partition coefficient (Wildman–Crippen LogP) is 6.39. The van der Waals surface area contributed by atoms with Crippen LogP contribution in [0.2, 0.25) is 5.02 Å². The molecule has 40 heavy (non-hydrogen) atoms. The number of hydrazone groups is 1. The van der Waals surface area contributed by atoms with Gasteiger partial charge in [0, 0.05) is 29.0 Å². The molecule has 5 fully saturated rings. The van der Waals surface area contributed by atoms with Crippen LogP contribution in [0.25, 0.3) is 0 Å². The minimum Gasteiger partial charge on any atom is -0.465 e. The minimum absolute atomic E-state index is 0.0768. The van der Waals surface area contributed by atoms with Crippen molar-refractivity contribution in [2.75, 3.05) is 5.32 Å². The van der Waals surface area contributed by atoms with Crippen molar-refractivity contribution >= 4 is 29.5 Å². The average Bonchev–Trinajstić information content (AvgIpc) is 3.16. The van der Waals surface area contributed by atoms with Gasteiger partial charge in [-0.1, -0.05) is 31.5 Å². The van der Waals surface area contributed by atoms with Crippen molar-refractivity contribution in [3.63, 3.8) is 0 Å². The smallest absolute Gasteiger partial charge is 0.339 e. The third kappa shape index (κ3) is 4.88. The fourth-order valence-electron chi connectivity index (χ4n) is 6.83. The first-order valence-corrected chi connectivity index (χ1v) is 14.4. The highest BCUT2D eigenvalue weighted by Gasteiger charge is 2.69. The molecule has 5 aliphatic rings. The molecule has 4 aliphatic heterocycles. The Bertz CT molecular complexity index is 1290. The van der Waals surface area contributed by atoms with E-state index in [0.29, 0.717) is 28.3 Å². The number of rotatable bonds is 5. The summed E-state index contributed by atoms with van der Waals surface area (Å²) in [6, 6.07) is 12.3. The fraction of sp³-hybridized carbons (Fsp3) is 0.533. The topological polar surface area (TPSA) is 99.6 Å². The number of benzene rings is 2. The Morgan fingerprint density at radius 2 is 1.90 bits per heavy atom. The molecule has 2 N–H and O–H groups in total. The van der Waals surface area contributed by atoms with Gasteiger partial charge >= 0.3 is 6.03 Å². The molecule has 1 spiro atoms. The van der Waals surface area contributed by atoms with Gasteiger partial charge in [-0.25, -0.2) is 20.0 Å². The fourth-order valence-corrected chi connectivity index (χ4v) is 7.01. The third-order valence-electron chi connectivity index (χ3n) is 9.13. The number of fused-ring (bicyclic) bond motifs is 2. The molecule has 1 unspecified atom stereocenters. The van der Waals surface area contributed by atoms with Crippen LogP contribution < -0.4 is 15.5 Å². The van der Waals surface area contributed by atoms with E-state index in [9.17, 15) is 4.79 Å². The Hall–Kier alpha value is -2.69. The first-order valence-electron chi connectivity index (χ1n) is 14.0. The number of amides is 2. The van der Waals surface area contributed by atoms with Crippen molar-refractivity contribution in [2.45, 2.75) is 77.3 Å². The first kappa shape index (κ1) is 27.5. The van der Waals surface area contributed by atoms with Crippen LogP contribution in [-0.4, -0.2) is 36.2 Å². The van der Waals surface area contributed by atoms with Gasteiger partial charge in [0.1, 0.15) is 5.75 Å². The number of hydrogen-bond donors (Lipinski definition) is 2. The zero-order chi connectivity index (χ0) is 28.1. The summed E-state index contributed by atoms with van der Waals surface area (Å²) in [5, 5.41) is 7.36. The molecule has 214 valence electrons. The second-order valence-corrected chi connectivity index (χ2v) is 12.1. The number of hydrogen-bond acceptors (Lipinski definition) is 7. The van der Waals surface area contributed by atoms with E-state index in [1.165, 1.54) is 0 Å². The lowest BCUT2D eigenvalue weighted by Crippen LogP contribution is -2.70. The Kier molecular flexibility index (Phi) is 7.29. The van der Waals surface area contributed by atoms with Crippen LogP contribution in [-0.2, 0) is 19.2 Å². The lowest BCUT2D eigenvalue weighted by Gasteiger charge is -2.60. The van der Waals surface area contributed by atoms with Gasteiger partial charge in [0.2, 0.25) is 12.1 Å². The highest BCUT2D eigenvalue weighted by atomic mass is 35.5. The number of carbonyl (C=O) groups is 1. The molecule has 2 aromatic carbocycles. The summed E-state index contributed by atoms with van der Waals surface area (Å²) in [4.78, 5) is 24.3. The van der Waals surface area contributed by atoms with Gasteiger partial charge in [-0.2, -0.15) is 5.10 Å². The van der Waals surface area contributed by atoms with Crippen molar-refractivity contribution < 1.29 is 28.8 Å². The monoisotopic (exact) mass is 569 g/mol. The minimum atomic E-state index is -0.818. The van der Waals surface area contributed by atoms with Gasteiger partial charge in [0.25, 0.3) is 0 Å². The van der Waals surface area contributed by atoms with Gasteiger partial charge in [-0.3, -0.25) is 0 Å². The number of carbonyl (C=O) groups excluding carboxylic acids is 1. The SMILES string of the molecule is Cc1c(Cl)cccc1NC(=O)N/N=C/c1ccc(O[C@H]2O[C@@H]3OC4(C)CC[C@H]5[C@H](C)CC[C@@H]([C@H]2C)[C@@]35OO4)cc1. The molecule has 10 heteroatoms. The molecule has 1 saturated carbocycles. The van der Waals surface area contributed by atoms with Gasteiger partial charge in [0.15, 0.2) is 11.9 Å². The second kappa shape index (κ2) is 10.6. The normalized spacial score (nSPS) is 36.5. The van der Waals surface area contributed by atoms with Crippen LogP contribution in [0, 0.1) is 30.6 Å². The molecule has 2 amide bonds. The molecule has 0 radical (unpaired) electrons. The summed E-state index contributed by atoms with van der Waals surface area (Å²) in [6.07, 6.45) is 4.44. The van der Waals surface area contributed by atoms with Crippen molar-refractivity contribution in [3.05, 3.63) is 58.6 Å². The van der Waals surface area contributed by atoms with E-state index in [1.807, 2.05) is 38.1 Å². The average molecular weight is 570 g/mol. The largest absolute Gasteiger partial charge is 0.465 e. The molecule has 7 rings (SSSR count). The molecule has 8 atom stereocenters. The Labute approximate surface area is 239 Å². The third-order valence-corrected chi connectivity index (χ3v) is 9.53. The van der Waals surface area contributed by atoms with Gasteiger partial charge in [-0.15, -0.1) is 0 Å². The lowest BCUT2D eigenvalue weighted by atomic mass is 9.58. The quantitative estimate of drug-likeness (QED) is 0.246. The van der Waals surface area contributed by atoms with E-state index in [1.54, 1.807) is 24.4 Å². The summed E-state index contributed by atoms with van der Waals surface area (Å²) >= 11 is 6.11. The van der Waals surface area contributed by atoms with Crippen LogP contribution in [0.5, 0.6) is 5.75 Å². The van der Waals surface area contributed by atoms with E-state index < -0.39 is 30.0 Å². The van der Waals surface area contributed by atoms with Gasteiger partial charge < -0.3 is 19.5 Å². The maximum absolute atomic E-state index is 12.2. The molecule has 4 heterocycles. The molecule has 0 aromatic heterocycles. The van der Waals surface area contributed by atoms with Crippen LogP contribution in [0.3, 0.4) is 0 Å². The summed E-state index contributed by atoms with van der Waals surface area (Å²) in [5.74, 6) is 0.951. The van der Waals surface area contributed by atoms with Crippen molar-refractivity contribution in [1.29, 1.82) is 0 Å². The summed E-state index contributed by atoms with van der Waals surface area (Å²) in [5.41, 5.74) is 4.07. The van der Waals surface area contributed by atoms with Crippen LogP contribution in [0.15, 0.2) is 47.6 Å². The maximum Gasteiger partial charge on any atom is 0.339 e. The molecular formula is C30H36ClN3O6. The molecule has 4 saturated heterocycles. The van der Waals surface area contributed by atoms with Crippen molar-refractivity contribution in [3.8, 4) is 5.75 Å². The zero-order valence-corrected chi connectivity index (χ0v) is 23.9. The van der Waals surface area contributed by atoms with Crippen molar-refractivity contribution in [1.82, 2.24) is 5.43 Å². The predicted molar refractivity (Wildman–Crippen MR) is 150 cm³/mol. The number of anilines is 1. The second-order valence-electron chi connectivity index (χ2n) is 11.7. The highest BCUT2D eigenvalue weighted by Crippen LogP contribution is 2.60. The van der Waals surface area contributed by atoms with Gasteiger partial charge in [-0.05, 0) is 92.5 Å². The molecule has 2 aromatic rings. The highest BCUT2D eigenvalue weighted by molar-refractivity contribution is 6.31. The Morgan fingerprint density at radius 3 is 2.70 bits per heavy atom. The molecule has 9 nitrogen and oxygen atoms in total. The molecule has 2 bridgehead atoms. The summed E-state index contributed by atoms with van der Waals surface area (Å²) < 4.78 is 19.3. The Morgan fingerprint density at radius 1 is 1.10 bits per heavy atom. The molecular weight excluding hydrogens is 534 g/mol. The van der Waals surface area contributed by atoms with Crippen LogP contribution in [0.4, 0.5) is 10.5 Å². The number of nitrogens with zero attached hydrogens (tertiary/aromatic N) is 1. The number of urea groups is 1. The van der Waals surface area contributed by atoms with E-state index in [4.69, 9.17) is 35.6 Å². The zero-order valence-electron chi connectivity index (χ0n) is 23.2. The van der Waals surface area contributed by atoms with E-state index in [-0.39, 0.29) is 11.8 Å². The van der Waals surface area contributed by atoms with E-state index in [2.05, 4.69) is 29.7 Å². The maximum atomic E-state index is 12.2. The van der Waals surface area contributed by atoms with Gasteiger partial charge in [0.05, 0.1) is 6.21 Å². The summed E-state index contributed by atoms with van der Waals surface area (Å²) in [7, 11) is 0. The number of halogens is 1.